The average molecular weight is 409 g/mol. The third-order valence-electron chi connectivity index (χ3n) is 4.02. The predicted molar refractivity (Wildman–Crippen MR) is 95.7 cm³/mol. The molecule has 2 nitrogen and oxygen atoms in total. The first kappa shape index (κ1) is 20.4. The van der Waals surface area contributed by atoms with Crippen LogP contribution in [0, 0.1) is 23.3 Å². The fourth-order valence-electron chi connectivity index (χ4n) is 2.62. The molecule has 0 spiro atoms. The van der Waals surface area contributed by atoms with Gasteiger partial charge in [0.15, 0.2) is 17.5 Å². The highest BCUT2D eigenvalue weighted by Crippen LogP contribution is 2.30. The van der Waals surface area contributed by atoms with Crippen molar-refractivity contribution in [2.75, 3.05) is 6.61 Å². The second kappa shape index (κ2) is 8.38. The van der Waals surface area contributed by atoms with Crippen LogP contribution in [-0.4, -0.2) is 11.6 Å². The molecule has 3 rings (SSSR count). The van der Waals surface area contributed by atoms with Crippen LogP contribution >= 0.6 is 0 Å². The Hall–Kier alpha value is -3.29. The van der Waals surface area contributed by atoms with Crippen LogP contribution in [0.1, 0.15) is 12.5 Å². The Balaban J connectivity index is 1.92. The maximum atomic E-state index is 14.4. The Kier molecular flexibility index (Phi) is 5.91. The lowest BCUT2D eigenvalue weighted by Crippen LogP contribution is -1.94. The smallest absolute Gasteiger partial charge is 0.309 e. The molecule has 3 aromatic rings. The highest BCUT2D eigenvalue weighted by atomic mass is 19.2. The van der Waals surface area contributed by atoms with E-state index in [1.807, 2.05) is 0 Å². The van der Waals surface area contributed by atoms with E-state index in [1.165, 1.54) is 37.4 Å². The quantitative estimate of drug-likeness (QED) is 0.270. The van der Waals surface area contributed by atoms with Crippen LogP contribution in [0.3, 0.4) is 0 Å². The van der Waals surface area contributed by atoms with Gasteiger partial charge in [-0.25, -0.2) is 17.6 Å². The zero-order valence-corrected chi connectivity index (χ0v) is 14.9. The summed E-state index contributed by atoms with van der Waals surface area (Å²) in [5.41, 5.74) is 0.141. The Labute approximate surface area is 162 Å². The molecule has 0 fully saturated rings. The molecule has 2 aromatic carbocycles. The van der Waals surface area contributed by atoms with Crippen molar-refractivity contribution in [1.82, 2.24) is 4.98 Å². The lowest BCUT2D eigenvalue weighted by molar-refractivity contribution is 0.156. The molecule has 0 aliphatic carbocycles. The number of nitrogens with zero attached hydrogens (tertiary/aromatic N) is 1. The number of halogens is 6. The number of ether oxygens (including phenoxy) is 1. The van der Waals surface area contributed by atoms with E-state index >= 15 is 0 Å². The fraction of sp³-hybridized carbons (Fsp3) is 0.0952. The first-order valence-electron chi connectivity index (χ1n) is 8.41. The summed E-state index contributed by atoms with van der Waals surface area (Å²) in [7, 11) is 0. The summed E-state index contributed by atoms with van der Waals surface area (Å²) in [4.78, 5) is 4.00. The molecule has 0 amide bonds. The van der Waals surface area contributed by atoms with Crippen LogP contribution in [-0.2, 0) is 4.74 Å². The normalized spacial score (nSPS) is 12.0. The maximum Gasteiger partial charge on any atom is 0.309 e. The van der Waals surface area contributed by atoms with Gasteiger partial charge in [-0.2, -0.15) is 8.78 Å². The van der Waals surface area contributed by atoms with Crippen LogP contribution in [0.2, 0.25) is 0 Å². The van der Waals surface area contributed by atoms with Crippen molar-refractivity contribution in [2.24, 2.45) is 0 Å². The summed E-state index contributed by atoms with van der Waals surface area (Å²) in [5, 5.41) is 0. The van der Waals surface area contributed by atoms with Crippen molar-refractivity contribution in [2.45, 2.75) is 6.92 Å². The van der Waals surface area contributed by atoms with Gasteiger partial charge in [0, 0.05) is 28.5 Å². The van der Waals surface area contributed by atoms with E-state index in [-0.39, 0.29) is 34.6 Å². The number of rotatable bonds is 5. The number of hydrogen-bond donors (Lipinski definition) is 0. The van der Waals surface area contributed by atoms with Crippen molar-refractivity contribution in [3.8, 4) is 22.4 Å². The fourth-order valence-corrected chi connectivity index (χ4v) is 2.62. The summed E-state index contributed by atoms with van der Waals surface area (Å²) in [6, 6.07) is 6.14. The standard InChI is InChI=1S/C21H13F6NO/c1-2-29-21(27)19(25)11-3-5-14(15(22)7-11)12-4-6-18(28-10-12)13-8-16(23)20(26)17(24)9-13/h3-10H,2H2,1H3/b21-19-. The number of pyridine rings is 1. The third kappa shape index (κ3) is 4.26. The molecule has 0 bridgehead atoms. The molecule has 0 unspecified atom stereocenters. The zero-order chi connectivity index (χ0) is 21.1. The largest absolute Gasteiger partial charge is 0.469 e. The van der Waals surface area contributed by atoms with Crippen molar-refractivity contribution < 1.29 is 31.1 Å². The lowest BCUT2D eigenvalue weighted by Gasteiger charge is -2.08. The van der Waals surface area contributed by atoms with E-state index < -0.39 is 35.1 Å². The van der Waals surface area contributed by atoms with Gasteiger partial charge in [-0.05, 0) is 31.2 Å². The number of benzene rings is 2. The first-order chi connectivity index (χ1) is 13.8. The van der Waals surface area contributed by atoms with E-state index in [0.29, 0.717) is 0 Å². The lowest BCUT2D eigenvalue weighted by atomic mass is 10.0. The summed E-state index contributed by atoms with van der Waals surface area (Å²) in [6.45, 7) is 1.39. The van der Waals surface area contributed by atoms with Gasteiger partial charge in [-0.1, -0.05) is 18.2 Å². The van der Waals surface area contributed by atoms with Crippen LogP contribution in [0.5, 0.6) is 0 Å². The third-order valence-corrected chi connectivity index (χ3v) is 4.02. The summed E-state index contributed by atoms with van der Waals surface area (Å²) >= 11 is 0. The molecule has 0 saturated heterocycles. The van der Waals surface area contributed by atoms with Gasteiger partial charge in [0.25, 0.3) is 0 Å². The maximum absolute atomic E-state index is 14.4. The van der Waals surface area contributed by atoms with E-state index in [9.17, 15) is 26.3 Å². The van der Waals surface area contributed by atoms with Gasteiger partial charge < -0.3 is 4.74 Å². The predicted octanol–water partition coefficient (Wildman–Crippen LogP) is 6.57. The monoisotopic (exact) mass is 409 g/mol. The molecule has 0 N–H and O–H groups in total. The molecule has 0 atom stereocenters. The minimum absolute atomic E-state index is 0.00220. The molecule has 0 radical (unpaired) electrons. The molecular formula is C21H13F6NO. The SMILES string of the molecule is CCO/C(F)=C(\F)c1ccc(-c2ccc(-c3cc(F)c(F)c(F)c3)nc2)c(F)c1. The molecule has 0 saturated carbocycles. The van der Waals surface area contributed by atoms with Gasteiger partial charge in [-0.3, -0.25) is 4.98 Å². The van der Waals surface area contributed by atoms with E-state index in [4.69, 9.17) is 0 Å². The van der Waals surface area contributed by atoms with E-state index in [0.717, 1.165) is 18.2 Å². The highest BCUT2D eigenvalue weighted by molar-refractivity contribution is 5.70. The van der Waals surface area contributed by atoms with Crippen LogP contribution in [0.4, 0.5) is 26.3 Å². The number of aromatic nitrogens is 1. The van der Waals surface area contributed by atoms with Gasteiger partial charge in [-0.15, -0.1) is 0 Å². The molecule has 0 aliphatic heterocycles. The molecule has 29 heavy (non-hydrogen) atoms. The Morgan fingerprint density at radius 3 is 2.10 bits per heavy atom. The van der Waals surface area contributed by atoms with Gasteiger partial charge in [0.1, 0.15) is 5.82 Å². The Bertz CT molecular complexity index is 1060. The zero-order valence-electron chi connectivity index (χ0n) is 14.9. The molecule has 150 valence electrons. The van der Waals surface area contributed by atoms with Crippen LogP contribution in [0.25, 0.3) is 28.2 Å². The Morgan fingerprint density at radius 2 is 1.55 bits per heavy atom. The average Bonchev–Trinajstić information content (AvgIpc) is 2.71. The summed E-state index contributed by atoms with van der Waals surface area (Å²) < 4.78 is 85.9. The minimum atomic E-state index is -1.59. The summed E-state index contributed by atoms with van der Waals surface area (Å²) in [6.07, 6.45) is 1.24. The second-order valence-corrected chi connectivity index (χ2v) is 5.90. The van der Waals surface area contributed by atoms with Gasteiger partial charge in [0.2, 0.25) is 5.83 Å². The minimum Gasteiger partial charge on any atom is -0.469 e. The van der Waals surface area contributed by atoms with Gasteiger partial charge >= 0.3 is 6.01 Å². The Morgan fingerprint density at radius 1 is 0.862 bits per heavy atom. The molecular weight excluding hydrogens is 396 g/mol. The molecule has 8 heteroatoms. The van der Waals surface area contributed by atoms with Crippen LogP contribution < -0.4 is 0 Å². The highest BCUT2D eigenvalue weighted by Gasteiger charge is 2.15. The second-order valence-electron chi connectivity index (χ2n) is 5.90. The van der Waals surface area contributed by atoms with Crippen molar-refractivity contribution in [3.63, 3.8) is 0 Å². The molecule has 0 aliphatic rings. The van der Waals surface area contributed by atoms with Crippen molar-refractivity contribution >= 4 is 5.83 Å². The summed E-state index contributed by atoms with van der Waals surface area (Å²) in [5.74, 6) is -6.47. The van der Waals surface area contributed by atoms with E-state index in [2.05, 4.69) is 9.72 Å². The molecule has 1 aromatic heterocycles. The van der Waals surface area contributed by atoms with E-state index in [1.54, 1.807) is 0 Å². The number of hydrogen-bond acceptors (Lipinski definition) is 2. The van der Waals surface area contributed by atoms with Crippen LogP contribution in [0.15, 0.2) is 54.7 Å². The first-order valence-corrected chi connectivity index (χ1v) is 8.41. The van der Waals surface area contributed by atoms with Crippen molar-refractivity contribution in [3.05, 3.63) is 83.5 Å². The topological polar surface area (TPSA) is 22.1 Å². The van der Waals surface area contributed by atoms with Crippen molar-refractivity contribution in [1.29, 1.82) is 0 Å². The van der Waals surface area contributed by atoms with Gasteiger partial charge in [0.05, 0.1) is 12.3 Å². The molecule has 1 heterocycles.